The van der Waals surface area contributed by atoms with E-state index in [-0.39, 0.29) is 50.5 Å². The highest BCUT2D eigenvalue weighted by molar-refractivity contribution is 5.97. The van der Waals surface area contributed by atoms with Crippen LogP contribution in [0.1, 0.15) is 37.7 Å². The number of aliphatic imine (C=N–C) groups is 1. The topological polar surface area (TPSA) is 340 Å². The van der Waals surface area contributed by atoms with Gasteiger partial charge in [-0.1, -0.05) is 30.3 Å². The van der Waals surface area contributed by atoms with Crippen LogP contribution < -0.4 is 49.1 Å². The van der Waals surface area contributed by atoms with Crippen LogP contribution in [-0.4, -0.2) is 113 Å². The Kier molecular flexibility index (Phi) is 15.9. The molecule has 0 saturated carbocycles. The van der Waals surface area contributed by atoms with Gasteiger partial charge in [0.25, 0.3) is 0 Å². The highest BCUT2D eigenvalue weighted by Gasteiger charge is 2.32. The lowest BCUT2D eigenvalue weighted by Gasteiger charge is -2.25. The molecule has 0 spiro atoms. The molecule has 0 aliphatic carbocycles. The van der Waals surface area contributed by atoms with E-state index in [4.69, 9.17) is 17.2 Å². The summed E-state index contributed by atoms with van der Waals surface area (Å²) < 4.78 is 0. The molecule has 0 aromatic heterocycles. The lowest BCUT2D eigenvalue weighted by atomic mass is 10.0. The quantitative estimate of drug-likeness (QED) is 0.0347. The van der Waals surface area contributed by atoms with Gasteiger partial charge in [0.15, 0.2) is 5.96 Å². The highest BCUT2D eigenvalue weighted by atomic mass is 16.4. The first-order valence-corrected chi connectivity index (χ1v) is 15.2. The summed E-state index contributed by atoms with van der Waals surface area (Å²) in [6.07, 6.45) is -0.345. The number of nitrogens with two attached hydrogens (primary N) is 3. The summed E-state index contributed by atoms with van der Waals surface area (Å²) in [5.74, 6) is -7.41. The molecule has 2 rings (SSSR count). The summed E-state index contributed by atoms with van der Waals surface area (Å²) in [4.78, 5) is 103. The van der Waals surface area contributed by atoms with Crippen LogP contribution in [0.3, 0.4) is 0 Å². The van der Waals surface area contributed by atoms with Crippen LogP contribution in [0.15, 0.2) is 35.3 Å². The number of guanidine groups is 1. The van der Waals surface area contributed by atoms with E-state index in [1.54, 1.807) is 30.3 Å². The van der Waals surface area contributed by atoms with Crippen molar-refractivity contribution in [3.63, 3.8) is 0 Å². The second-order valence-corrected chi connectivity index (χ2v) is 11.0. The molecular formula is C29H42N10O10. The number of carbonyl (C=O) groups excluding carboxylic acids is 7. The Morgan fingerprint density at radius 2 is 1.49 bits per heavy atom. The Hall–Kier alpha value is -5.79. The average molecular weight is 691 g/mol. The van der Waals surface area contributed by atoms with Gasteiger partial charge in [-0.25, -0.2) is 4.79 Å². The number of carboxylic acids is 1. The number of nitrogens with zero attached hydrogens (tertiary/aromatic N) is 1. The fraction of sp³-hybridized carbons (Fsp3) is 0.483. The van der Waals surface area contributed by atoms with Gasteiger partial charge in [0.1, 0.15) is 30.2 Å². The number of hydrogen-bond donors (Lipinski definition) is 11. The summed E-state index contributed by atoms with van der Waals surface area (Å²) in [5.41, 5.74) is 16.3. The number of aliphatic hydroxyl groups is 1. The van der Waals surface area contributed by atoms with Gasteiger partial charge in [-0.15, -0.1) is 0 Å². The van der Waals surface area contributed by atoms with Crippen LogP contribution in [0.2, 0.25) is 0 Å². The minimum Gasteiger partial charge on any atom is -0.480 e. The van der Waals surface area contributed by atoms with Crippen molar-refractivity contribution in [2.45, 2.75) is 68.7 Å². The molecule has 1 aromatic carbocycles. The highest BCUT2D eigenvalue weighted by Crippen LogP contribution is 2.07. The number of carboxylic acid groups (broad SMARTS) is 1. The molecule has 1 aliphatic rings. The summed E-state index contributed by atoms with van der Waals surface area (Å²) in [7, 11) is 0. The number of carbonyl (C=O) groups is 8. The van der Waals surface area contributed by atoms with E-state index in [2.05, 4.69) is 36.9 Å². The monoisotopic (exact) mass is 690 g/mol. The predicted molar refractivity (Wildman–Crippen MR) is 170 cm³/mol. The average Bonchev–Trinajstić information content (AvgIpc) is 3.49. The first-order valence-electron chi connectivity index (χ1n) is 15.2. The summed E-state index contributed by atoms with van der Waals surface area (Å²) in [5, 5.41) is 33.4. The van der Waals surface area contributed by atoms with Gasteiger partial charge in [0, 0.05) is 19.4 Å². The van der Waals surface area contributed by atoms with Crippen LogP contribution in [0.5, 0.6) is 0 Å². The molecule has 0 unspecified atom stereocenters. The molecule has 1 aromatic rings. The third-order valence-corrected chi connectivity index (χ3v) is 7.08. The smallest absolute Gasteiger partial charge is 0.326 e. The Labute approximate surface area is 280 Å². The summed E-state index contributed by atoms with van der Waals surface area (Å²) in [6.45, 7) is -1.46. The fourth-order valence-electron chi connectivity index (χ4n) is 4.59. The number of primary amides is 1. The van der Waals surface area contributed by atoms with Crippen molar-refractivity contribution >= 4 is 53.3 Å². The molecule has 1 fully saturated rings. The maximum absolute atomic E-state index is 13.4. The number of hydrogen-bond acceptors (Lipinski definition) is 10. The molecule has 1 heterocycles. The van der Waals surface area contributed by atoms with E-state index in [1.807, 2.05) is 0 Å². The maximum atomic E-state index is 13.4. The van der Waals surface area contributed by atoms with Gasteiger partial charge in [0.05, 0.1) is 19.6 Å². The predicted octanol–water partition coefficient (Wildman–Crippen LogP) is -5.43. The van der Waals surface area contributed by atoms with Gasteiger partial charge in [-0.2, -0.15) is 0 Å². The molecule has 0 bridgehead atoms. The number of aliphatic hydroxyl groups excluding tert-OH is 1. The molecule has 49 heavy (non-hydrogen) atoms. The molecule has 14 N–H and O–H groups in total. The van der Waals surface area contributed by atoms with Crippen molar-refractivity contribution < 1.29 is 48.6 Å². The van der Waals surface area contributed by atoms with Gasteiger partial charge < -0.3 is 59.3 Å². The van der Waals surface area contributed by atoms with Crippen LogP contribution in [0.25, 0.3) is 0 Å². The number of amides is 7. The second kappa shape index (κ2) is 19.8. The lowest BCUT2D eigenvalue weighted by molar-refractivity contribution is -0.142. The maximum Gasteiger partial charge on any atom is 0.326 e. The molecule has 20 heteroatoms. The van der Waals surface area contributed by atoms with Crippen LogP contribution in [0, 0.1) is 0 Å². The van der Waals surface area contributed by atoms with Gasteiger partial charge in [-0.05, 0) is 24.8 Å². The zero-order valence-electron chi connectivity index (χ0n) is 26.5. The van der Waals surface area contributed by atoms with Crippen molar-refractivity contribution in [1.29, 1.82) is 0 Å². The van der Waals surface area contributed by atoms with Crippen molar-refractivity contribution in [1.82, 2.24) is 31.9 Å². The molecule has 5 atom stereocenters. The van der Waals surface area contributed by atoms with Crippen molar-refractivity contribution in [2.24, 2.45) is 22.2 Å². The minimum atomic E-state index is -1.64. The number of nitrogens with one attached hydrogen (secondary N) is 6. The Bertz CT molecular complexity index is 1400. The Morgan fingerprint density at radius 3 is 2.06 bits per heavy atom. The first kappa shape index (κ1) is 39.4. The first-order chi connectivity index (χ1) is 23.2. The third-order valence-electron chi connectivity index (χ3n) is 7.08. The SMILES string of the molecule is NC(=O)C[C@H](NC(=O)CNC(=O)[C@@H]1CCC(=O)N1)C(=O)N[C@@H](Cc1ccccc1)C(=O)N[C@@H](CO)C(=O)N[C@@H](CCCN=C(N)N)C(=O)O. The second-order valence-electron chi connectivity index (χ2n) is 11.0. The Balaban J connectivity index is 2.14. The van der Waals surface area contributed by atoms with Crippen LogP contribution >= 0.6 is 0 Å². The zero-order chi connectivity index (χ0) is 36.5. The van der Waals surface area contributed by atoms with Crippen molar-refractivity contribution in [3.05, 3.63) is 35.9 Å². The third kappa shape index (κ3) is 14.2. The van der Waals surface area contributed by atoms with Gasteiger partial charge >= 0.3 is 5.97 Å². The normalized spacial score (nSPS) is 16.0. The van der Waals surface area contributed by atoms with Crippen molar-refractivity contribution in [3.8, 4) is 0 Å². The number of rotatable bonds is 20. The van der Waals surface area contributed by atoms with E-state index < -0.39 is 91.2 Å². The van der Waals surface area contributed by atoms with E-state index in [0.29, 0.717) is 5.56 Å². The molecule has 7 amide bonds. The molecule has 1 aliphatic heterocycles. The zero-order valence-corrected chi connectivity index (χ0v) is 26.5. The van der Waals surface area contributed by atoms with E-state index >= 15 is 0 Å². The number of aliphatic carboxylic acids is 1. The van der Waals surface area contributed by atoms with Crippen molar-refractivity contribution in [2.75, 3.05) is 19.7 Å². The molecule has 268 valence electrons. The Morgan fingerprint density at radius 1 is 0.878 bits per heavy atom. The lowest BCUT2D eigenvalue weighted by Crippen LogP contribution is -2.59. The molecule has 0 radical (unpaired) electrons. The minimum absolute atomic E-state index is 0.0789. The standard InChI is InChI=1S/C29H42N10O10/c30-21(41)12-19(36-23(43)13-34-24(44)16-8-9-22(42)35-16)26(46)38-18(11-15-5-2-1-3-6-15)25(45)39-20(14-40)27(47)37-17(28(48)49)7-4-10-33-29(31)32/h1-3,5-6,16-20,40H,4,7-14H2,(H2,30,41)(H,34,44)(H,35,42)(H,36,43)(H,37,47)(H,38,46)(H,39,45)(H,48,49)(H4,31,32,33)/t16-,17-,18-,19-,20-/m0/s1. The summed E-state index contributed by atoms with van der Waals surface area (Å²) >= 11 is 0. The largest absolute Gasteiger partial charge is 0.480 e. The summed E-state index contributed by atoms with van der Waals surface area (Å²) in [6, 6.07) is 1.41. The number of benzene rings is 1. The van der Waals surface area contributed by atoms with Crippen LogP contribution in [-0.2, 0) is 44.8 Å². The van der Waals surface area contributed by atoms with E-state index in [0.717, 1.165) is 0 Å². The molecule has 1 saturated heterocycles. The molecule has 20 nitrogen and oxygen atoms in total. The van der Waals surface area contributed by atoms with Gasteiger partial charge in [-0.3, -0.25) is 38.6 Å². The van der Waals surface area contributed by atoms with E-state index in [1.165, 1.54) is 0 Å². The van der Waals surface area contributed by atoms with E-state index in [9.17, 15) is 48.6 Å². The van der Waals surface area contributed by atoms with Gasteiger partial charge in [0.2, 0.25) is 41.4 Å². The fourth-order valence-corrected chi connectivity index (χ4v) is 4.59. The molecular weight excluding hydrogens is 648 g/mol. The van der Waals surface area contributed by atoms with Crippen LogP contribution in [0.4, 0.5) is 0 Å².